The van der Waals surface area contributed by atoms with Gasteiger partial charge in [0.2, 0.25) is 0 Å². The van der Waals surface area contributed by atoms with E-state index in [1.54, 1.807) is 0 Å². The van der Waals surface area contributed by atoms with Crippen LogP contribution in [0.4, 0.5) is 5.69 Å². The molecule has 0 saturated carbocycles. The summed E-state index contributed by atoms with van der Waals surface area (Å²) in [7, 11) is -3.98. The van der Waals surface area contributed by atoms with Crippen LogP contribution in [0.2, 0.25) is 0 Å². The Morgan fingerprint density at radius 1 is 1.30 bits per heavy atom. The minimum atomic E-state index is -3.98. The minimum Gasteiger partial charge on any atom is -0.510 e. The summed E-state index contributed by atoms with van der Waals surface area (Å²) in [5.41, 5.74) is 4.17. The molecule has 1 amide bonds. The number of carbonyl (C=O) groups is 1. The van der Waals surface area contributed by atoms with Crippen molar-refractivity contribution in [2.24, 2.45) is 16.0 Å². The third-order valence-electron chi connectivity index (χ3n) is 2.10. The molecule has 0 saturated heterocycles. The third-order valence-corrected chi connectivity index (χ3v) is 2.98. The van der Waals surface area contributed by atoms with Crippen molar-refractivity contribution < 1.29 is 28.7 Å². The van der Waals surface area contributed by atoms with Gasteiger partial charge in [0.25, 0.3) is 5.91 Å². The van der Waals surface area contributed by atoms with E-state index in [4.69, 9.17) is 24.5 Å². The molecule has 0 unspecified atom stereocenters. The number of carbonyl (C=O) groups excluding carboxylic acids is 1. The summed E-state index contributed by atoms with van der Waals surface area (Å²) in [6.07, 6.45) is 0. The first-order chi connectivity index (χ1) is 9.12. The number of phenols is 1. The summed E-state index contributed by atoms with van der Waals surface area (Å²) in [6, 6.07) is 3.08. The first-order valence-electron chi connectivity index (χ1n) is 5.08. The Morgan fingerprint density at radius 3 is 2.35 bits per heavy atom. The normalized spacial score (nSPS) is 14.2. The zero-order valence-corrected chi connectivity index (χ0v) is 11.1. The number of phenolic OH excluding ortho intramolecular Hbond substituents is 1. The SMILES string of the molecule is C/C(O)=C(/N=Nc1cc(S(O)(O)O)ccc1O)C(N)=O. The predicted molar refractivity (Wildman–Crippen MR) is 70.9 cm³/mol. The fraction of sp³-hybridized carbons (Fsp3) is 0.100. The van der Waals surface area contributed by atoms with Crippen LogP contribution in [-0.4, -0.2) is 29.8 Å². The van der Waals surface area contributed by atoms with E-state index in [0.29, 0.717) is 0 Å². The van der Waals surface area contributed by atoms with Crippen LogP contribution in [0.5, 0.6) is 5.75 Å². The molecule has 0 heterocycles. The maximum absolute atomic E-state index is 10.9. The summed E-state index contributed by atoms with van der Waals surface area (Å²) < 4.78 is 27.2. The number of hydrogen-bond donors (Lipinski definition) is 6. The Kier molecular flexibility index (Phi) is 4.68. The average molecular weight is 303 g/mol. The number of hydrogen-bond acceptors (Lipinski definition) is 8. The summed E-state index contributed by atoms with van der Waals surface area (Å²) in [5.74, 6) is -1.89. The lowest BCUT2D eigenvalue weighted by molar-refractivity contribution is -0.114. The molecule has 0 fully saturated rings. The van der Waals surface area contributed by atoms with Crippen molar-refractivity contribution in [2.75, 3.05) is 0 Å². The molecule has 110 valence electrons. The van der Waals surface area contributed by atoms with Gasteiger partial charge < -0.3 is 29.6 Å². The highest BCUT2D eigenvalue weighted by molar-refractivity contribution is 8.19. The summed E-state index contributed by atoms with van der Waals surface area (Å²) in [6.45, 7) is 1.17. The molecule has 0 aliphatic heterocycles. The molecule has 10 heteroatoms. The van der Waals surface area contributed by atoms with Gasteiger partial charge in [-0.1, -0.05) is 0 Å². The second kappa shape index (κ2) is 5.88. The standard InChI is InChI=1S/C10H13N3O6S/c1-5(14)9(10(11)16)13-12-7-4-6(20(17,18)19)2-3-8(7)15/h2-4,14-15,17-19H,1H3,(H2,11,16)/b9-5-,13-12?. The highest BCUT2D eigenvalue weighted by atomic mass is 32.3. The number of primary amides is 1. The maximum atomic E-state index is 10.9. The van der Waals surface area contributed by atoms with Gasteiger partial charge in [0.05, 0.1) is 4.90 Å². The van der Waals surface area contributed by atoms with Gasteiger partial charge in [0, 0.05) is 0 Å². The second-order valence-electron chi connectivity index (χ2n) is 3.67. The molecule has 9 nitrogen and oxygen atoms in total. The van der Waals surface area contributed by atoms with Crippen LogP contribution >= 0.6 is 10.9 Å². The van der Waals surface area contributed by atoms with Gasteiger partial charge >= 0.3 is 0 Å². The second-order valence-corrected chi connectivity index (χ2v) is 5.18. The lowest BCUT2D eigenvalue weighted by Gasteiger charge is -2.19. The molecule has 0 radical (unpaired) electrons. The molecule has 0 spiro atoms. The van der Waals surface area contributed by atoms with Gasteiger partial charge in [-0.15, -0.1) is 10.2 Å². The highest BCUT2D eigenvalue weighted by Gasteiger charge is 2.17. The summed E-state index contributed by atoms with van der Waals surface area (Å²) in [5, 5.41) is 25.5. The van der Waals surface area contributed by atoms with Crippen molar-refractivity contribution in [3.63, 3.8) is 0 Å². The van der Waals surface area contributed by atoms with Crippen LogP contribution < -0.4 is 5.73 Å². The fourth-order valence-corrected chi connectivity index (χ4v) is 1.68. The molecule has 0 aromatic heterocycles. The summed E-state index contributed by atoms with van der Waals surface area (Å²) >= 11 is 0. The number of aliphatic hydroxyl groups is 1. The Bertz CT molecular complexity index is 589. The highest BCUT2D eigenvalue weighted by Crippen LogP contribution is 2.46. The number of amides is 1. The number of nitrogens with zero attached hydrogens (tertiary/aromatic N) is 2. The zero-order valence-electron chi connectivity index (χ0n) is 10.3. The van der Waals surface area contributed by atoms with Crippen molar-refractivity contribution in [3.05, 3.63) is 29.7 Å². The zero-order chi connectivity index (χ0) is 15.5. The van der Waals surface area contributed by atoms with E-state index in [1.165, 1.54) is 6.92 Å². The Morgan fingerprint density at radius 2 is 1.90 bits per heavy atom. The van der Waals surface area contributed by atoms with Crippen LogP contribution in [0.25, 0.3) is 0 Å². The van der Waals surface area contributed by atoms with Gasteiger partial charge in [0.15, 0.2) is 5.70 Å². The predicted octanol–water partition coefficient (Wildman–Crippen LogP) is 2.33. The van der Waals surface area contributed by atoms with Crippen molar-refractivity contribution >= 4 is 22.5 Å². The number of rotatable bonds is 4. The molecule has 0 aliphatic carbocycles. The van der Waals surface area contributed by atoms with Crippen LogP contribution in [0.15, 0.2) is 44.8 Å². The van der Waals surface area contributed by atoms with E-state index in [0.717, 1.165) is 18.2 Å². The van der Waals surface area contributed by atoms with E-state index < -0.39 is 28.2 Å². The van der Waals surface area contributed by atoms with E-state index in [2.05, 4.69) is 10.2 Å². The maximum Gasteiger partial charge on any atom is 0.272 e. The lowest BCUT2D eigenvalue weighted by atomic mass is 10.3. The molecule has 1 aromatic rings. The first kappa shape index (κ1) is 15.9. The Balaban J connectivity index is 3.22. The van der Waals surface area contributed by atoms with Crippen molar-refractivity contribution in [1.29, 1.82) is 0 Å². The van der Waals surface area contributed by atoms with Crippen LogP contribution in [-0.2, 0) is 4.79 Å². The van der Waals surface area contributed by atoms with Gasteiger partial charge in [0.1, 0.15) is 28.1 Å². The quantitative estimate of drug-likeness (QED) is 0.283. The number of aromatic hydroxyl groups is 1. The number of nitrogens with two attached hydrogens (primary N) is 1. The molecular formula is C10H13N3O6S. The molecule has 1 rings (SSSR count). The van der Waals surface area contributed by atoms with Crippen LogP contribution in [0.1, 0.15) is 6.92 Å². The molecule has 20 heavy (non-hydrogen) atoms. The van der Waals surface area contributed by atoms with Gasteiger partial charge in [-0.05, 0) is 25.1 Å². The number of benzene rings is 1. The largest absolute Gasteiger partial charge is 0.510 e. The van der Waals surface area contributed by atoms with Crippen molar-refractivity contribution in [2.45, 2.75) is 11.8 Å². The van der Waals surface area contributed by atoms with Gasteiger partial charge in [-0.2, -0.15) is 0 Å². The molecule has 0 bridgehead atoms. The lowest BCUT2D eigenvalue weighted by Crippen LogP contribution is -2.13. The molecule has 0 atom stereocenters. The number of allylic oxidation sites excluding steroid dienone is 1. The van der Waals surface area contributed by atoms with Crippen LogP contribution in [0.3, 0.4) is 0 Å². The van der Waals surface area contributed by atoms with E-state index in [9.17, 15) is 9.90 Å². The van der Waals surface area contributed by atoms with Crippen molar-refractivity contribution in [3.8, 4) is 5.75 Å². The third kappa shape index (κ3) is 3.93. The van der Waals surface area contributed by atoms with Crippen LogP contribution in [0, 0.1) is 0 Å². The smallest absolute Gasteiger partial charge is 0.272 e. The topological polar surface area (TPSA) is 169 Å². The van der Waals surface area contributed by atoms with Gasteiger partial charge in [-0.25, -0.2) is 0 Å². The van der Waals surface area contributed by atoms with E-state index >= 15 is 0 Å². The number of aliphatic hydroxyl groups excluding tert-OH is 1. The fourth-order valence-electron chi connectivity index (χ4n) is 1.16. The number of azo groups is 1. The van der Waals surface area contributed by atoms with Crippen molar-refractivity contribution in [1.82, 2.24) is 0 Å². The molecule has 1 aromatic carbocycles. The first-order valence-corrected chi connectivity index (χ1v) is 6.58. The molecule has 0 aliphatic rings. The Hall–Kier alpha value is -2.14. The summed E-state index contributed by atoms with van der Waals surface area (Å²) in [4.78, 5) is 10.6. The molecular weight excluding hydrogens is 290 g/mol. The average Bonchev–Trinajstić information content (AvgIpc) is 2.29. The molecule has 7 N–H and O–H groups in total. The Labute approximate surface area is 115 Å². The van der Waals surface area contributed by atoms with E-state index in [1.807, 2.05) is 0 Å². The monoisotopic (exact) mass is 303 g/mol. The van der Waals surface area contributed by atoms with E-state index in [-0.39, 0.29) is 16.3 Å². The van der Waals surface area contributed by atoms with Gasteiger partial charge in [-0.3, -0.25) is 4.79 Å². The minimum absolute atomic E-state index is 0.253.